The number of aromatic hydroxyl groups is 4. The van der Waals surface area contributed by atoms with Crippen LogP contribution in [0.3, 0.4) is 0 Å². The number of nitrogens with zero attached hydrogens (tertiary/aromatic N) is 4. The van der Waals surface area contributed by atoms with E-state index in [1.807, 2.05) is 0 Å². The van der Waals surface area contributed by atoms with Crippen LogP contribution in [-0.4, -0.2) is 40.1 Å². The third-order valence-electron chi connectivity index (χ3n) is 12.2. The SMILES string of the molecule is O=[N+]([O-])c1ccc(-c2cc3c(O)c(c2)Cc2cc(-c4ccc([N+](=O)[O-])cc4)cc(c2O)Cc2cc(-c4ccc([N+](=O)[O-])cc4)cc(c2O)Cc2cc(-c4ccc([N+](=O)[O-])cc4)cc(c2O)C3)cc1. The molecular weight excluding hydrogens is 873 g/mol. The van der Waals surface area contributed by atoms with Gasteiger partial charge in [-0.1, -0.05) is 0 Å². The summed E-state index contributed by atoms with van der Waals surface area (Å²) in [5.41, 5.74) is 6.64. The van der Waals surface area contributed by atoms with E-state index in [0.717, 1.165) is 0 Å². The fourth-order valence-electron chi connectivity index (χ4n) is 8.71. The first-order chi connectivity index (χ1) is 32.6. The lowest BCUT2D eigenvalue weighted by atomic mass is 9.86. The molecule has 0 saturated heterocycles. The molecular formula is C52H36N4O12. The van der Waals surface area contributed by atoms with Crippen molar-refractivity contribution < 1.29 is 40.1 Å². The van der Waals surface area contributed by atoms with Gasteiger partial charge >= 0.3 is 0 Å². The molecule has 9 rings (SSSR count). The normalized spacial score (nSPS) is 12.0. The monoisotopic (exact) mass is 908 g/mol. The predicted molar refractivity (Wildman–Crippen MR) is 252 cm³/mol. The molecule has 0 atom stereocenters. The molecule has 1 aliphatic rings. The maximum absolute atomic E-state index is 12.2. The molecule has 0 radical (unpaired) electrons. The second-order valence-corrected chi connectivity index (χ2v) is 16.5. The van der Waals surface area contributed by atoms with Gasteiger partial charge in [0.25, 0.3) is 22.7 Å². The van der Waals surface area contributed by atoms with E-state index in [4.69, 9.17) is 0 Å². The van der Waals surface area contributed by atoms with E-state index < -0.39 is 19.7 Å². The third kappa shape index (κ3) is 8.59. The van der Waals surface area contributed by atoms with Crippen LogP contribution in [0.1, 0.15) is 44.5 Å². The molecule has 0 unspecified atom stereocenters. The Bertz CT molecular complexity index is 2830. The molecule has 336 valence electrons. The molecule has 1 aliphatic carbocycles. The molecule has 0 aromatic heterocycles. The first-order valence-corrected chi connectivity index (χ1v) is 21.0. The van der Waals surface area contributed by atoms with Gasteiger partial charge in [0.05, 0.1) is 19.7 Å². The molecule has 0 spiro atoms. The summed E-state index contributed by atoms with van der Waals surface area (Å²) in [7, 11) is 0. The third-order valence-corrected chi connectivity index (χ3v) is 12.2. The number of phenolic OH excluding ortho intramolecular Hbond substituents is 4. The molecule has 68 heavy (non-hydrogen) atoms. The number of rotatable bonds is 8. The van der Waals surface area contributed by atoms with Gasteiger partial charge in [0.2, 0.25) is 0 Å². The van der Waals surface area contributed by atoms with Crippen molar-refractivity contribution in [3.05, 3.63) is 231 Å². The highest BCUT2D eigenvalue weighted by Gasteiger charge is 2.24. The van der Waals surface area contributed by atoms with Crippen molar-refractivity contribution in [3.8, 4) is 67.5 Å². The summed E-state index contributed by atoms with van der Waals surface area (Å²) in [5, 5.41) is 95.1. The maximum Gasteiger partial charge on any atom is 0.269 e. The van der Waals surface area contributed by atoms with E-state index in [0.29, 0.717) is 89.0 Å². The van der Waals surface area contributed by atoms with Gasteiger partial charge in [-0.2, -0.15) is 0 Å². The molecule has 8 bridgehead atoms. The summed E-state index contributed by atoms with van der Waals surface area (Å²) in [5.74, 6) is -0.660. The highest BCUT2D eigenvalue weighted by atomic mass is 16.6. The Morgan fingerprint density at radius 3 is 0.544 bits per heavy atom. The lowest BCUT2D eigenvalue weighted by Crippen LogP contribution is -2.03. The molecule has 8 aromatic carbocycles. The fraction of sp³-hybridized carbons (Fsp3) is 0.0769. The standard InChI is InChI=1S/C52H36N4O12/c57-49-37-17-33(29-1-9-45(10-2-29)53(61)62)18-38(49)26-40-20-35(31-5-13-47(14-6-31)55(65)66)22-42(51(40)59)28-44-24-36(32-7-15-48(16-8-32)56(67)68)23-43(52(44)60)27-41-21-34(19-39(25-37)50(41)58)30-3-11-46(12-4-30)54(63)64/h1-24,57-60H,25-28H2. The topological polar surface area (TPSA) is 253 Å². The van der Waals surface area contributed by atoms with Gasteiger partial charge in [-0.25, -0.2) is 0 Å². The van der Waals surface area contributed by atoms with E-state index in [2.05, 4.69) is 0 Å². The van der Waals surface area contributed by atoms with Crippen molar-refractivity contribution in [3.63, 3.8) is 0 Å². The second kappa shape index (κ2) is 17.5. The van der Waals surface area contributed by atoms with Crippen LogP contribution in [0.15, 0.2) is 146 Å². The first-order valence-electron chi connectivity index (χ1n) is 21.0. The lowest BCUT2D eigenvalue weighted by molar-refractivity contribution is -0.385. The maximum atomic E-state index is 12.2. The van der Waals surface area contributed by atoms with Crippen molar-refractivity contribution >= 4 is 22.7 Å². The Balaban J connectivity index is 1.30. The van der Waals surface area contributed by atoms with Crippen molar-refractivity contribution in [2.45, 2.75) is 25.7 Å². The molecule has 16 nitrogen and oxygen atoms in total. The van der Waals surface area contributed by atoms with Crippen LogP contribution in [0.25, 0.3) is 44.5 Å². The van der Waals surface area contributed by atoms with Gasteiger partial charge in [0.1, 0.15) is 23.0 Å². The summed E-state index contributed by atoms with van der Waals surface area (Å²) in [6, 6.07) is 37.0. The molecule has 0 heterocycles. The van der Waals surface area contributed by atoms with Crippen molar-refractivity contribution in [1.82, 2.24) is 0 Å². The smallest absolute Gasteiger partial charge is 0.269 e. The number of hydrogen-bond acceptors (Lipinski definition) is 12. The van der Waals surface area contributed by atoms with Gasteiger partial charge in [0.15, 0.2) is 0 Å². The van der Waals surface area contributed by atoms with Gasteiger partial charge < -0.3 is 20.4 Å². The minimum atomic E-state index is -0.519. The van der Waals surface area contributed by atoms with E-state index >= 15 is 0 Å². The van der Waals surface area contributed by atoms with Crippen LogP contribution < -0.4 is 0 Å². The van der Waals surface area contributed by atoms with Crippen LogP contribution in [0, 0.1) is 40.5 Å². The Kier molecular flexibility index (Phi) is 11.3. The largest absolute Gasteiger partial charge is 0.507 e. The summed E-state index contributed by atoms with van der Waals surface area (Å²) < 4.78 is 0. The molecule has 0 aliphatic heterocycles. The average Bonchev–Trinajstić information content (AvgIpc) is 3.33. The van der Waals surface area contributed by atoms with Gasteiger partial charge in [-0.05, 0) is 186 Å². The van der Waals surface area contributed by atoms with Crippen LogP contribution in [0.2, 0.25) is 0 Å². The minimum Gasteiger partial charge on any atom is -0.507 e. The zero-order valence-electron chi connectivity index (χ0n) is 35.5. The number of nitro benzene ring substituents is 4. The fourth-order valence-corrected chi connectivity index (χ4v) is 8.71. The predicted octanol–water partition coefficient (Wildman–Crippen LogP) is 11.5. The Labute approximate surface area is 385 Å². The number of nitro groups is 4. The molecule has 0 fully saturated rings. The number of fused-ring (bicyclic) bond motifs is 8. The van der Waals surface area contributed by atoms with E-state index in [9.17, 15) is 60.9 Å². The van der Waals surface area contributed by atoms with Crippen molar-refractivity contribution in [1.29, 1.82) is 0 Å². The highest BCUT2D eigenvalue weighted by molar-refractivity contribution is 5.75. The zero-order chi connectivity index (χ0) is 48.0. The van der Waals surface area contributed by atoms with Crippen LogP contribution >= 0.6 is 0 Å². The van der Waals surface area contributed by atoms with E-state index in [1.54, 1.807) is 97.1 Å². The Hall–Kier alpha value is -9.44. The van der Waals surface area contributed by atoms with Gasteiger partial charge in [-0.3, -0.25) is 40.5 Å². The molecule has 16 heteroatoms. The van der Waals surface area contributed by atoms with Gasteiger partial charge in [0, 0.05) is 74.2 Å². The summed E-state index contributed by atoms with van der Waals surface area (Å²) in [6.45, 7) is 0. The minimum absolute atomic E-state index is 0.0839. The molecule has 0 amide bonds. The summed E-state index contributed by atoms with van der Waals surface area (Å²) >= 11 is 0. The average molecular weight is 909 g/mol. The first kappa shape index (κ1) is 43.8. The Morgan fingerprint density at radius 2 is 0.412 bits per heavy atom. The van der Waals surface area contributed by atoms with E-state index in [-0.39, 0.29) is 71.4 Å². The zero-order valence-corrected chi connectivity index (χ0v) is 35.5. The number of hydrogen-bond donors (Lipinski definition) is 4. The van der Waals surface area contributed by atoms with Gasteiger partial charge in [-0.15, -0.1) is 0 Å². The number of phenols is 4. The lowest BCUT2D eigenvalue weighted by Gasteiger charge is -2.20. The van der Waals surface area contributed by atoms with Crippen LogP contribution in [-0.2, 0) is 25.7 Å². The quantitative estimate of drug-likeness (QED) is 0.0820. The summed E-state index contributed by atoms with van der Waals surface area (Å²) in [6.07, 6.45) is -0.336. The summed E-state index contributed by atoms with van der Waals surface area (Å²) in [4.78, 5) is 44.2. The van der Waals surface area contributed by atoms with Crippen molar-refractivity contribution in [2.75, 3.05) is 0 Å². The highest BCUT2D eigenvalue weighted by Crippen LogP contribution is 2.43. The Morgan fingerprint density at radius 1 is 0.265 bits per heavy atom. The molecule has 4 N–H and O–H groups in total. The molecule has 8 aromatic rings. The van der Waals surface area contributed by atoms with Crippen molar-refractivity contribution in [2.24, 2.45) is 0 Å². The second-order valence-electron chi connectivity index (χ2n) is 16.5. The van der Waals surface area contributed by atoms with E-state index in [1.165, 1.54) is 48.5 Å². The number of non-ortho nitro benzene ring substituents is 4. The molecule has 0 saturated carbocycles. The van der Waals surface area contributed by atoms with Crippen LogP contribution in [0.5, 0.6) is 23.0 Å². The number of benzene rings is 8. The van der Waals surface area contributed by atoms with Crippen LogP contribution in [0.4, 0.5) is 22.7 Å².